The Bertz CT molecular complexity index is 3020. The highest BCUT2D eigenvalue weighted by molar-refractivity contribution is 6.06. The zero-order valence-electron chi connectivity index (χ0n) is 36.6. The molecule has 3 atom stereocenters. The van der Waals surface area contributed by atoms with Crippen LogP contribution in [0, 0.1) is 5.92 Å². The second kappa shape index (κ2) is 16.1. The number of fused-ring (bicyclic) bond motifs is 4. The van der Waals surface area contributed by atoms with Crippen molar-refractivity contribution in [2.24, 2.45) is 10.9 Å². The number of benzene rings is 8. The molecular formula is C62H53N. The molecule has 8 aromatic carbocycles. The van der Waals surface area contributed by atoms with Gasteiger partial charge in [-0.3, -0.25) is 4.99 Å². The number of rotatable bonds is 11. The van der Waals surface area contributed by atoms with Crippen LogP contribution in [0.3, 0.4) is 0 Å². The van der Waals surface area contributed by atoms with Crippen LogP contribution in [0.25, 0.3) is 39.0 Å². The van der Waals surface area contributed by atoms with Crippen LogP contribution in [0.4, 0.5) is 5.69 Å². The molecule has 2 aliphatic carbocycles. The van der Waals surface area contributed by atoms with Crippen molar-refractivity contribution in [2.45, 2.75) is 63.7 Å². The van der Waals surface area contributed by atoms with Crippen molar-refractivity contribution in [3.63, 3.8) is 0 Å². The van der Waals surface area contributed by atoms with Crippen molar-refractivity contribution in [1.82, 2.24) is 0 Å². The van der Waals surface area contributed by atoms with Crippen LogP contribution in [0.15, 0.2) is 205 Å². The lowest BCUT2D eigenvalue weighted by atomic mass is 9.75. The van der Waals surface area contributed by atoms with E-state index in [0.717, 1.165) is 37.1 Å². The van der Waals surface area contributed by atoms with Crippen LogP contribution in [-0.2, 0) is 11.8 Å². The van der Waals surface area contributed by atoms with Crippen LogP contribution in [0.2, 0.25) is 0 Å². The maximum Gasteiger partial charge on any atom is 0.0671 e. The van der Waals surface area contributed by atoms with Crippen LogP contribution < -0.4 is 0 Å². The van der Waals surface area contributed by atoms with Crippen molar-refractivity contribution in [2.75, 3.05) is 0 Å². The number of hydrogen-bond donors (Lipinski definition) is 0. The molecule has 0 saturated heterocycles. The van der Waals surface area contributed by atoms with Crippen LogP contribution in [0.5, 0.6) is 0 Å². The van der Waals surface area contributed by atoms with Crippen LogP contribution in [0.1, 0.15) is 102 Å². The number of aryl methyl sites for hydroxylation is 1. The molecular weight excluding hydrogens is 759 g/mol. The molecule has 11 rings (SSSR count). The van der Waals surface area contributed by atoms with E-state index in [4.69, 9.17) is 4.99 Å². The molecule has 306 valence electrons. The number of nitrogens with zero attached hydrogens (tertiary/aromatic N) is 1. The molecule has 0 bridgehead atoms. The Kier molecular flexibility index (Phi) is 10.00. The van der Waals surface area contributed by atoms with E-state index < -0.39 is 0 Å². The summed E-state index contributed by atoms with van der Waals surface area (Å²) >= 11 is 0. The van der Waals surface area contributed by atoms with Gasteiger partial charge in [-0.2, -0.15) is 0 Å². The summed E-state index contributed by atoms with van der Waals surface area (Å²) in [4.78, 5) is 5.26. The Morgan fingerprint density at radius 1 is 0.556 bits per heavy atom. The fraction of sp³-hybridized carbons (Fsp3) is 0.177. The number of allylic oxidation sites excluding steroid dienone is 2. The minimum atomic E-state index is -0.118. The fourth-order valence-electron chi connectivity index (χ4n) is 10.8. The summed E-state index contributed by atoms with van der Waals surface area (Å²) in [5.41, 5.74) is 23.7. The monoisotopic (exact) mass is 811 g/mol. The first-order valence-electron chi connectivity index (χ1n) is 23.0. The summed E-state index contributed by atoms with van der Waals surface area (Å²) in [5, 5.41) is 0. The molecule has 0 fully saturated rings. The van der Waals surface area contributed by atoms with Gasteiger partial charge >= 0.3 is 0 Å². The van der Waals surface area contributed by atoms with Gasteiger partial charge in [0.15, 0.2) is 0 Å². The first kappa shape index (κ1) is 39.0. The van der Waals surface area contributed by atoms with Crippen molar-refractivity contribution in [3.05, 3.63) is 250 Å². The zero-order valence-corrected chi connectivity index (χ0v) is 36.6. The van der Waals surface area contributed by atoms with E-state index in [-0.39, 0.29) is 17.3 Å². The lowest BCUT2D eigenvalue weighted by Gasteiger charge is -2.31. The molecule has 0 aromatic heterocycles. The molecule has 1 heteroatoms. The SMILES string of the molecule is CC1C(c2ccc(-c3ccc4c(c3)C(C)(C)c3cc(-c5ccc(CCCC(c6ccccc6)c6ccccc6C6=CC6)cc5)ccc3-4)cc2)=Nc2ccccc2C1c1ccccc1. The Morgan fingerprint density at radius 3 is 1.78 bits per heavy atom. The third kappa shape index (κ3) is 7.30. The molecule has 1 aliphatic heterocycles. The van der Waals surface area contributed by atoms with E-state index in [0.29, 0.717) is 5.92 Å². The normalized spacial score (nSPS) is 17.2. The van der Waals surface area contributed by atoms with Gasteiger partial charge in [0, 0.05) is 23.2 Å². The smallest absolute Gasteiger partial charge is 0.0671 e. The molecule has 0 N–H and O–H groups in total. The predicted molar refractivity (Wildman–Crippen MR) is 265 cm³/mol. The summed E-state index contributed by atoms with van der Waals surface area (Å²) in [6.45, 7) is 7.12. The Hall–Kier alpha value is -6.83. The fourth-order valence-corrected chi connectivity index (χ4v) is 10.8. The molecule has 8 aromatic rings. The first-order valence-corrected chi connectivity index (χ1v) is 23.0. The Balaban J connectivity index is 0.798. The van der Waals surface area contributed by atoms with Gasteiger partial charge in [0.25, 0.3) is 0 Å². The van der Waals surface area contributed by atoms with Crippen molar-refractivity contribution in [1.29, 1.82) is 0 Å². The van der Waals surface area contributed by atoms with Gasteiger partial charge in [-0.1, -0.05) is 203 Å². The number of para-hydroxylation sites is 1. The first-order chi connectivity index (χ1) is 30.9. The van der Waals surface area contributed by atoms with Crippen molar-refractivity contribution in [3.8, 4) is 33.4 Å². The highest BCUT2D eigenvalue weighted by atomic mass is 14.8. The van der Waals surface area contributed by atoms with Gasteiger partial charge in [0.05, 0.1) is 11.4 Å². The number of hydrogen-bond acceptors (Lipinski definition) is 1. The molecule has 0 amide bonds. The second-order valence-corrected chi connectivity index (χ2v) is 18.5. The Morgan fingerprint density at radius 2 is 1.11 bits per heavy atom. The molecule has 0 saturated carbocycles. The van der Waals surface area contributed by atoms with Crippen LogP contribution >= 0.6 is 0 Å². The topological polar surface area (TPSA) is 12.4 Å². The molecule has 3 aliphatic rings. The molecule has 1 heterocycles. The average molecular weight is 812 g/mol. The second-order valence-electron chi connectivity index (χ2n) is 18.5. The maximum absolute atomic E-state index is 5.26. The third-order valence-corrected chi connectivity index (χ3v) is 14.3. The molecule has 3 unspecified atom stereocenters. The predicted octanol–water partition coefficient (Wildman–Crippen LogP) is 16.2. The van der Waals surface area contributed by atoms with E-state index in [1.807, 2.05) is 0 Å². The van der Waals surface area contributed by atoms with Gasteiger partial charge in [-0.05, 0) is 133 Å². The van der Waals surface area contributed by atoms with Gasteiger partial charge in [-0.25, -0.2) is 0 Å². The Labute approximate surface area is 373 Å². The number of aliphatic imine (C=N–C) groups is 1. The zero-order chi connectivity index (χ0) is 42.5. The highest BCUT2D eigenvalue weighted by Crippen LogP contribution is 2.51. The summed E-state index contributed by atoms with van der Waals surface area (Å²) in [5.74, 6) is 0.914. The van der Waals surface area contributed by atoms with Crippen molar-refractivity contribution < 1.29 is 0 Å². The van der Waals surface area contributed by atoms with E-state index >= 15 is 0 Å². The summed E-state index contributed by atoms with van der Waals surface area (Å²) in [6, 6.07) is 72.4. The van der Waals surface area contributed by atoms with E-state index in [1.165, 1.54) is 89.0 Å². The third-order valence-electron chi connectivity index (χ3n) is 14.3. The maximum atomic E-state index is 5.26. The minimum absolute atomic E-state index is 0.118. The molecule has 1 nitrogen and oxygen atoms in total. The molecule has 63 heavy (non-hydrogen) atoms. The quantitative estimate of drug-likeness (QED) is 0.123. The minimum Gasteiger partial charge on any atom is -0.252 e. The standard InChI is InChI=1S/C62H53N/c1-41-60(47-18-8-5-9-19-47)56-22-12-13-24-59(56)63-61(41)48-33-29-44(30-34-48)50-36-38-55-54-37-35-49(39-57(54)62(2,3)58(55)40-50)43-27-25-42(26-28-43)15-14-23-52(45-16-6-4-7-17-45)53-21-11-10-20-51(53)46-31-32-46/h4-13,16-22,24-31,33-41,52,60H,14-15,23,32H2,1-3H3. The summed E-state index contributed by atoms with van der Waals surface area (Å²) in [6.07, 6.45) is 6.82. The highest BCUT2D eigenvalue weighted by Gasteiger charge is 2.36. The summed E-state index contributed by atoms with van der Waals surface area (Å²) < 4.78 is 0. The van der Waals surface area contributed by atoms with E-state index in [2.05, 4.69) is 221 Å². The van der Waals surface area contributed by atoms with Gasteiger partial charge in [0.2, 0.25) is 0 Å². The molecule has 0 radical (unpaired) electrons. The lowest BCUT2D eigenvalue weighted by molar-refractivity contribution is 0.650. The largest absolute Gasteiger partial charge is 0.252 e. The van der Waals surface area contributed by atoms with Crippen LogP contribution in [-0.4, -0.2) is 5.71 Å². The van der Waals surface area contributed by atoms with Gasteiger partial charge in [-0.15, -0.1) is 0 Å². The molecule has 0 spiro atoms. The van der Waals surface area contributed by atoms with E-state index in [1.54, 1.807) is 0 Å². The van der Waals surface area contributed by atoms with E-state index in [9.17, 15) is 0 Å². The van der Waals surface area contributed by atoms with Gasteiger partial charge < -0.3 is 0 Å². The lowest BCUT2D eigenvalue weighted by Crippen LogP contribution is -2.24. The summed E-state index contributed by atoms with van der Waals surface area (Å²) in [7, 11) is 0. The van der Waals surface area contributed by atoms with Gasteiger partial charge in [0.1, 0.15) is 0 Å². The van der Waals surface area contributed by atoms with Crippen molar-refractivity contribution >= 4 is 17.0 Å². The average Bonchev–Trinajstić information content (AvgIpc) is 4.16.